The van der Waals surface area contributed by atoms with Gasteiger partial charge in [-0.2, -0.15) is 0 Å². The van der Waals surface area contributed by atoms with Crippen LogP contribution in [0.1, 0.15) is 12.0 Å². The highest BCUT2D eigenvalue weighted by atomic mass is 35.5. The van der Waals surface area contributed by atoms with Gasteiger partial charge in [0.15, 0.2) is 0 Å². The lowest BCUT2D eigenvalue weighted by Crippen LogP contribution is -2.54. The van der Waals surface area contributed by atoms with Crippen molar-refractivity contribution in [3.63, 3.8) is 0 Å². The first-order chi connectivity index (χ1) is 16.0. The van der Waals surface area contributed by atoms with E-state index in [1.54, 1.807) is 7.11 Å². The van der Waals surface area contributed by atoms with Gasteiger partial charge in [-0.3, -0.25) is 24.3 Å². The first kappa shape index (κ1) is 28.8. The number of para-hydroxylation sites is 1. The van der Waals surface area contributed by atoms with Gasteiger partial charge in [-0.1, -0.05) is 18.2 Å². The Kier molecular flexibility index (Phi) is 11.2. The van der Waals surface area contributed by atoms with Crippen LogP contribution in [0.4, 0.5) is 10.1 Å². The van der Waals surface area contributed by atoms with Crippen LogP contribution < -0.4 is 9.64 Å². The molecule has 0 radical (unpaired) electrons. The van der Waals surface area contributed by atoms with E-state index in [1.807, 2.05) is 41.3 Å². The molecule has 2 aliphatic rings. The minimum absolute atomic E-state index is 0. The number of hydrogen-bond acceptors (Lipinski definition) is 6. The highest BCUT2D eigenvalue weighted by Crippen LogP contribution is 2.21. The summed E-state index contributed by atoms with van der Waals surface area (Å²) in [6.45, 7) is 5.86. The molecule has 2 saturated heterocycles. The zero-order valence-electron chi connectivity index (χ0n) is 19.9. The van der Waals surface area contributed by atoms with E-state index in [2.05, 4.69) is 9.80 Å². The first-order valence-electron chi connectivity index (χ1n) is 11.4. The van der Waals surface area contributed by atoms with Crippen molar-refractivity contribution in [2.24, 2.45) is 0 Å². The summed E-state index contributed by atoms with van der Waals surface area (Å²) in [4.78, 5) is 33.2. The van der Waals surface area contributed by atoms with Crippen LogP contribution in [0.2, 0.25) is 0 Å². The van der Waals surface area contributed by atoms with Gasteiger partial charge in [-0.25, -0.2) is 4.39 Å². The van der Waals surface area contributed by atoms with Crippen LogP contribution in [0.15, 0.2) is 48.5 Å². The van der Waals surface area contributed by atoms with Crippen LogP contribution >= 0.6 is 24.8 Å². The van der Waals surface area contributed by atoms with E-state index >= 15 is 0 Å². The van der Waals surface area contributed by atoms with Crippen LogP contribution in [-0.2, 0) is 16.1 Å². The number of ether oxygens (including phenoxy) is 1. The summed E-state index contributed by atoms with van der Waals surface area (Å²) in [6, 6.07) is 14.3. The number of hydrogen-bond donors (Lipinski definition) is 0. The van der Waals surface area contributed by atoms with Gasteiger partial charge in [0.05, 0.1) is 20.2 Å². The Morgan fingerprint density at radius 2 is 1.46 bits per heavy atom. The number of rotatable bonds is 8. The molecule has 2 heterocycles. The van der Waals surface area contributed by atoms with Gasteiger partial charge in [-0.15, -0.1) is 24.8 Å². The third-order valence-electron chi connectivity index (χ3n) is 6.33. The monoisotopic (exact) mass is 526 g/mol. The maximum absolute atomic E-state index is 13.1. The van der Waals surface area contributed by atoms with E-state index in [0.717, 1.165) is 56.1 Å². The third-order valence-corrected chi connectivity index (χ3v) is 6.33. The van der Waals surface area contributed by atoms with E-state index in [4.69, 9.17) is 4.74 Å². The lowest BCUT2D eigenvalue weighted by molar-refractivity contribution is -0.151. The Morgan fingerprint density at radius 1 is 0.829 bits per heavy atom. The van der Waals surface area contributed by atoms with Crippen LogP contribution in [0.3, 0.4) is 0 Å². The van der Waals surface area contributed by atoms with E-state index in [1.165, 1.54) is 17.0 Å². The molecule has 2 aliphatic heterocycles. The predicted octanol–water partition coefficient (Wildman–Crippen LogP) is 3.06. The fourth-order valence-corrected chi connectivity index (χ4v) is 4.52. The number of piperazine rings is 2. The van der Waals surface area contributed by atoms with E-state index in [0.29, 0.717) is 13.1 Å². The van der Waals surface area contributed by atoms with E-state index in [9.17, 15) is 14.0 Å². The number of imide groups is 1. The maximum atomic E-state index is 13.1. The lowest BCUT2D eigenvalue weighted by Gasteiger charge is -2.37. The van der Waals surface area contributed by atoms with Crippen molar-refractivity contribution in [2.75, 3.05) is 64.4 Å². The Balaban J connectivity index is 0.00000216. The molecule has 0 spiro atoms. The highest BCUT2D eigenvalue weighted by Gasteiger charge is 2.31. The van der Waals surface area contributed by atoms with Gasteiger partial charge in [0.1, 0.15) is 11.6 Å². The van der Waals surface area contributed by atoms with Crippen LogP contribution in [0, 0.1) is 5.82 Å². The molecule has 0 unspecified atom stereocenters. The molecule has 2 aromatic rings. The Morgan fingerprint density at radius 3 is 2.09 bits per heavy atom. The molecular weight excluding hydrogens is 494 g/mol. The van der Waals surface area contributed by atoms with Crippen LogP contribution in [-0.4, -0.2) is 86.0 Å². The summed E-state index contributed by atoms with van der Waals surface area (Å²) < 4.78 is 18.5. The number of carbonyl (C=O) groups is 2. The highest BCUT2D eigenvalue weighted by molar-refractivity contribution is 5.99. The van der Waals surface area contributed by atoms with Crippen LogP contribution in [0.5, 0.6) is 5.75 Å². The topological polar surface area (TPSA) is 56.3 Å². The van der Waals surface area contributed by atoms with Crippen molar-refractivity contribution < 1.29 is 18.7 Å². The Labute approximate surface area is 218 Å². The average Bonchev–Trinajstić information content (AvgIpc) is 2.82. The Bertz CT molecular complexity index is 953. The zero-order valence-corrected chi connectivity index (χ0v) is 21.5. The largest absolute Gasteiger partial charge is 0.496 e. The van der Waals surface area contributed by atoms with E-state index in [-0.39, 0.29) is 55.5 Å². The molecule has 4 rings (SSSR count). The van der Waals surface area contributed by atoms with Gasteiger partial charge < -0.3 is 9.64 Å². The number of halogens is 3. The van der Waals surface area contributed by atoms with Crippen LogP contribution in [0.25, 0.3) is 0 Å². The number of carbonyl (C=O) groups excluding carboxylic acids is 2. The summed E-state index contributed by atoms with van der Waals surface area (Å²) in [5, 5.41) is 0. The quantitative estimate of drug-likeness (QED) is 0.492. The van der Waals surface area contributed by atoms with Gasteiger partial charge >= 0.3 is 0 Å². The SMILES string of the molecule is COc1ccccc1CN1CC(=O)N(CCCN2CCN(c3ccc(F)cc3)CC2)C(=O)C1.Cl.Cl. The molecule has 7 nitrogen and oxygen atoms in total. The van der Waals surface area contributed by atoms with Gasteiger partial charge in [0, 0.05) is 50.5 Å². The molecule has 10 heteroatoms. The normalized spacial score (nSPS) is 17.1. The van der Waals surface area contributed by atoms with Crippen molar-refractivity contribution in [1.29, 1.82) is 0 Å². The number of amides is 2. The molecule has 0 atom stereocenters. The second-order valence-corrected chi connectivity index (χ2v) is 8.55. The van der Waals surface area contributed by atoms with Crippen molar-refractivity contribution in [3.05, 3.63) is 59.9 Å². The molecule has 2 amide bonds. The summed E-state index contributed by atoms with van der Waals surface area (Å²) >= 11 is 0. The number of nitrogens with zero attached hydrogens (tertiary/aromatic N) is 4. The predicted molar refractivity (Wildman–Crippen MR) is 139 cm³/mol. The van der Waals surface area contributed by atoms with Crippen molar-refractivity contribution in [1.82, 2.24) is 14.7 Å². The smallest absolute Gasteiger partial charge is 0.243 e. The maximum Gasteiger partial charge on any atom is 0.243 e. The fourth-order valence-electron chi connectivity index (χ4n) is 4.52. The average molecular weight is 527 g/mol. The number of anilines is 1. The van der Waals surface area contributed by atoms with Gasteiger partial charge in [-0.05, 0) is 43.3 Å². The minimum Gasteiger partial charge on any atom is -0.496 e. The third kappa shape index (κ3) is 7.54. The molecule has 2 fully saturated rings. The molecule has 0 aliphatic carbocycles. The lowest BCUT2D eigenvalue weighted by atomic mass is 10.1. The molecule has 0 saturated carbocycles. The van der Waals surface area contributed by atoms with E-state index < -0.39 is 0 Å². The second-order valence-electron chi connectivity index (χ2n) is 8.55. The van der Waals surface area contributed by atoms with Gasteiger partial charge in [0.2, 0.25) is 11.8 Å². The summed E-state index contributed by atoms with van der Waals surface area (Å²) in [5.74, 6) is 0.269. The van der Waals surface area contributed by atoms with Crippen molar-refractivity contribution >= 4 is 42.3 Å². The molecule has 192 valence electrons. The molecule has 0 aromatic heterocycles. The van der Waals surface area contributed by atoms with Crippen molar-refractivity contribution in [3.8, 4) is 5.75 Å². The molecule has 0 bridgehead atoms. The second kappa shape index (κ2) is 13.6. The molecular formula is C25H33Cl2FN4O3. The number of methoxy groups -OCH3 is 1. The Hall–Kier alpha value is -2.39. The standard InChI is InChI=1S/C25H31FN4O3.2ClH/c1-33-23-6-3-2-5-20(23)17-28-18-24(31)30(25(32)19-28)12-4-11-27-13-15-29(16-14-27)22-9-7-21(26)8-10-22;;/h2-3,5-10H,4,11-19H2,1H3;2*1H. The summed E-state index contributed by atoms with van der Waals surface area (Å²) in [5.41, 5.74) is 2.01. The molecule has 35 heavy (non-hydrogen) atoms. The minimum atomic E-state index is -0.220. The summed E-state index contributed by atoms with van der Waals surface area (Å²) in [7, 11) is 1.62. The first-order valence-corrected chi connectivity index (χ1v) is 11.4. The molecule has 0 N–H and O–H groups in total. The fraction of sp³-hybridized carbons (Fsp3) is 0.440. The van der Waals surface area contributed by atoms with Gasteiger partial charge in [0.25, 0.3) is 0 Å². The molecule has 2 aromatic carbocycles. The zero-order chi connectivity index (χ0) is 23.2. The summed E-state index contributed by atoms with van der Waals surface area (Å²) in [6.07, 6.45) is 0.764. The number of benzene rings is 2. The van der Waals surface area contributed by atoms with Crippen molar-refractivity contribution in [2.45, 2.75) is 13.0 Å².